The van der Waals surface area contributed by atoms with Crippen molar-refractivity contribution < 1.29 is 51.4 Å². The molecule has 2 N–H and O–H groups in total. The SMILES string of the molecule is O=C(O)CC(NC(=O)C1CCN(C(=O)C(=O)N2CCCC2)CC1)C(=O)COc1c(F)c(F)cc(F)c1F. The fourth-order valence-corrected chi connectivity index (χ4v) is 4.17. The lowest BCUT2D eigenvalue weighted by Crippen LogP contribution is -2.51. The van der Waals surface area contributed by atoms with Crippen LogP contribution in [-0.4, -0.2) is 83.2 Å². The van der Waals surface area contributed by atoms with Crippen molar-refractivity contribution in [1.82, 2.24) is 15.1 Å². The van der Waals surface area contributed by atoms with Gasteiger partial charge in [0.15, 0.2) is 23.2 Å². The predicted octanol–water partition coefficient (Wildman–Crippen LogP) is 1.01. The molecule has 2 heterocycles. The summed E-state index contributed by atoms with van der Waals surface area (Å²) in [6.45, 7) is 0.0430. The number of hydrogen-bond acceptors (Lipinski definition) is 6. The summed E-state index contributed by atoms with van der Waals surface area (Å²) in [6, 6.07) is -1.71. The van der Waals surface area contributed by atoms with E-state index in [0.29, 0.717) is 13.1 Å². The van der Waals surface area contributed by atoms with E-state index >= 15 is 0 Å². The van der Waals surface area contributed by atoms with Crippen LogP contribution < -0.4 is 10.1 Å². The summed E-state index contributed by atoms with van der Waals surface area (Å²) in [4.78, 5) is 63.9. The number of carbonyl (C=O) groups is 5. The van der Waals surface area contributed by atoms with E-state index < -0.39 is 83.5 Å². The van der Waals surface area contributed by atoms with Crippen LogP contribution in [0.2, 0.25) is 0 Å². The maximum absolute atomic E-state index is 13.7. The second-order valence-corrected chi connectivity index (χ2v) is 8.78. The number of piperidine rings is 1. The van der Waals surface area contributed by atoms with Crippen molar-refractivity contribution in [2.24, 2.45) is 5.92 Å². The molecular formula is C23H25F4N3O7. The molecule has 0 aliphatic carbocycles. The number of benzene rings is 1. The van der Waals surface area contributed by atoms with E-state index in [1.165, 1.54) is 9.80 Å². The summed E-state index contributed by atoms with van der Waals surface area (Å²) in [7, 11) is 0. The molecule has 10 nitrogen and oxygen atoms in total. The highest BCUT2D eigenvalue weighted by atomic mass is 19.2. The minimum atomic E-state index is -1.88. The van der Waals surface area contributed by atoms with Crippen LogP contribution >= 0.6 is 0 Å². The number of halogens is 4. The molecule has 1 aromatic carbocycles. The Morgan fingerprint density at radius 3 is 1.95 bits per heavy atom. The highest BCUT2D eigenvalue weighted by Crippen LogP contribution is 2.26. The van der Waals surface area contributed by atoms with E-state index in [-0.39, 0.29) is 32.0 Å². The summed E-state index contributed by atoms with van der Waals surface area (Å²) in [6.07, 6.45) is 1.05. The lowest BCUT2D eigenvalue weighted by Gasteiger charge is -2.32. The Balaban J connectivity index is 1.57. The number of hydrogen-bond donors (Lipinski definition) is 2. The van der Waals surface area contributed by atoms with Crippen LogP contribution in [0.3, 0.4) is 0 Å². The number of carboxylic acids is 1. The number of aliphatic carboxylic acids is 1. The number of ether oxygens (including phenoxy) is 1. The molecule has 2 saturated heterocycles. The number of nitrogens with zero attached hydrogens (tertiary/aromatic N) is 2. The number of likely N-dealkylation sites (tertiary alicyclic amines) is 2. The molecule has 3 rings (SSSR count). The smallest absolute Gasteiger partial charge is 0.312 e. The molecular weight excluding hydrogens is 506 g/mol. The van der Waals surface area contributed by atoms with Crippen molar-refractivity contribution >= 4 is 29.5 Å². The molecule has 0 aromatic heterocycles. The lowest BCUT2D eigenvalue weighted by atomic mass is 9.95. The molecule has 1 aromatic rings. The predicted molar refractivity (Wildman–Crippen MR) is 116 cm³/mol. The molecule has 14 heteroatoms. The standard InChI is InChI=1S/C23H25F4N3O7/c24-13-9-14(25)19(27)20(18(13)26)37-11-16(31)15(10-17(32)33)28-21(34)12-3-7-30(8-4-12)23(36)22(35)29-5-1-2-6-29/h9,12,15H,1-8,10-11H2,(H,28,34)(H,32,33). The van der Waals surface area contributed by atoms with Crippen LogP contribution in [0.15, 0.2) is 6.07 Å². The van der Waals surface area contributed by atoms with E-state index in [4.69, 9.17) is 5.11 Å². The summed E-state index contributed by atoms with van der Waals surface area (Å²) < 4.78 is 58.7. The number of rotatable bonds is 8. The maximum Gasteiger partial charge on any atom is 0.312 e. The Hall–Kier alpha value is -3.71. The Labute approximate surface area is 208 Å². The molecule has 202 valence electrons. The number of carbonyl (C=O) groups excluding carboxylic acids is 4. The van der Waals surface area contributed by atoms with Gasteiger partial charge in [-0.1, -0.05) is 0 Å². The molecule has 0 bridgehead atoms. The van der Waals surface area contributed by atoms with Crippen LogP contribution in [0, 0.1) is 29.2 Å². The third-order valence-electron chi connectivity index (χ3n) is 6.24. The molecule has 2 aliphatic heterocycles. The second-order valence-electron chi connectivity index (χ2n) is 8.78. The first kappa shape index (κ1) is 27.9. The summed E-state index contributed by atoms with van der Waals surface area (Å²) in [5.74, 6) is -14.0. The van der Waals surface area contributed by atoms with Gasteiger partial charge in [0.25, 0.3) is 0 Å². The van der Waals surface area contributed by atoms with Gasteiger partial charge in [-0.2, -0.15) is 8.78 Å². The summed E-state index contributed by atoms with van der Waals surface area (Å²) in [5.41, 5.74) is 0. The Kier molecular flexibility index (Phi) is 9.05. The van der Waals surface area contributed by atoms with Crippen LogP contribution in [0.4, 0.5) is 17.6 Å². The molecule has 3 amide bonds. The monoisotopic (exact) mass is 531 g/mol. The van der Waals surface area contributed by atoms with Crippen molar-refractivity contribution in [1.29, 1.82) is 0 Å². The normalized spacial score (nSPS) is 16.9. The minimum Gasteiger partial charge on any atom is -0.481 e. The van der Waals surface area contributed by atoms with Crippen LogP contribution in [0.25, 0.3) is 0 Å². The van der Waals surface area contributed by atoms with Gasteiger partial charge in [0.05, 0.1) is 6.42 Å². The molecule has 0 radical (unpaired) electrons. The minimum absolute atomic E-state index is 0.0476. The van der Waals surface area contributed by atoms with Gasteiger partial charge in [-0.15, -0.1) is 0 Å². The van der Waals surface area contributed by atoms with Gasteiger partial charge in [0.2, 0.25) is 17.5 Å². The van der Waals surface area contributed by atoms with Crippen molar-refractivity contribution in [2.45, 2.75) is 38.1 Å². The lowest BCUT2D eigenvalue weighted by molar-refractivity contribution is -0.152. The Morgan fingerprint density at radius 1 is 0.919 bits per heavy atom. The van der Waals surface area contributed by atoms with E-state index in [9.17, 15) is 41.5 Å². The number of Topliss-reactive ketones (excluding diaryl/α,β-unsaturated/α-hetero) is 1. The highest BCUT2D eigenvalue weighted by molar-refractivity contribution is 6.35. The second kappa shape index (κ2) is 12.0. The fraction of sp³-hybridized carbons (Fsp3) is 0.522. The zero-order valence-corrected chi connectivity index (χ0v) is 19.6. The zero-order valence-electron chi connectivity index (χ0n) is 19.6. The number of amides is 3. The first-order valence-corrected chi connectivity index (χ1v) is 11.6. The van der Waals surface area contributed by atoms with Gasteiger partial charge in [-0.25, -0.2) is 8.78 Å². The van der Waals surface area contributed by atoms with Gasteiger partial charge in [0.1, 0.15) is 12.6 Å². The Bertz CT molecular complexity index is 1060. The number of ketones is 1. The third kappa shape index (κ3) is 6.74. The van der Waals surface area contributed by atoms with Crippen LogP contribution in [-0.2, 0) is 24.0 Å². The average Bonchev–Trinajstić information content (AvgIpc) is 3.41. The van der Waals surface area contributed by atoms with Gasteiger partial charge in [-0.3, -0.25) is 24.0 Å². The number of nitrogens with one attached hydrogen (secondary N) is 1. The maximum atomic E-state index is 13.7. The Morgan fingerprint density at radius 2 is 1.43 bits per heavy atom. The van der Waals surface area contributed by atoms with Gasteiger partial charge >= 0.3 is 17.8 Å². The van der Waals surface area contributed by atoms with Gasteiger partial charge in [-0.05, 0) is 25.7 Å². The summed E-state index contributed by atoms with van der Waals surface area (Å²) in [5, 5.41) is 11.4. The van der Waals surface area contributed by atoms with E-state index in [1.807, 2.05) is 0 Å². The molecule has 0 spiro atoms. The van der Waals surface area contributed by atoms with Crippen molar-refractivity contribution in [2.75, 3.05) is 32.8 Å². The largest absolute Gasteiger partial charge is 0.481 e. The quantitative estimate of drug-likeness (QED) is 0.291. The van der Waals surface area contributed by atoms with Crippen LogP contribution in [0.5, 0.6) is 5.75 Å². The van der Waals surface area contributed by atoms with Crippen LogP contribution in [0.1, 0.15) is 32.1 Å². The first-order valence-electron chi connectivity index (χ1n) is 11.6. The third-order valence-corrected chi connectivity index (χ3v) is 6.24. The van der Waals surface area contributed by atoms with E-state index in [2.05, 4.69) is 10.1 Å². The fourth-order valence-electron chi connectivity index (χ4n) is 4.17. The van der Waals surface area contributed by atoms with Gasteiger partial charge in [0, 0.05) is 38.2 Å². The molecule has 1 atom stereocenters. The van der Waals surface area contributed by atoms with Gasteiger partial charge < -0.3 is 25.0 Å². The topological polar surface area (TPSA) is 133 Å². The molecule has 2 fully saturated rings. The molecule has 37 heavy (non-hydrogen) atoms. The van der Waals surface area contributed by atoms with Crippen molar-refractivity contribution in [3.8, 4) is 5.75 Å². The number of carboxylic acid groups (broad SMARTS) is 1. The summed E-state index contributed by atoms with van der Waals surface area (Å²) >= 11 is 0. The molecule has 1 unspecified atom stereocenters. The van der Waals surface area contributed by atoms with Crippen molar-refractivity contribution in [3.05, 3.63) is 29.3 Å². The van der Waals surface area contributed by atoms with E-state index in [1.54, 1.807) is 0 Å². The highest BCUT2D eigenvalue weighted by Gasteiger charge is 2.35. The van der Waals surface area contributed by atoms with Crippen molar-refractivity contribution in [3.63, 3.8) is 0 Å². The first-order chi connectivity index (χ1) is 17.5. The molecule has 2 aliphatic rings. The van der Waals surface area contributed by atoms with E-state index in [0.717, 1.165) is 12.8 Å². The molecule has 0 saturated carbocycles. The zero-order chi connectivity index (χ0) is 27.3. The average molecular weight is 531 g/mol.